The van der Waals surface area contributed by atoms with E-state index in [1.54, 1.807) is 6.20 Å². The number of halogens is 2. The highest BCUT2D eigenvalue weighted by Crippen LogP contribution is 2.25. The van der Waals surface area contributed by atoms with Gasteiger partial charge in [0.05, 0.1) is 21.9 Å². The predicted octanol–water partition coefficient (Wildman–Crippen LogP) is 4.07. The van der Waals surface area contributed by atoms with Crippen LogP contribution >= 0.6 is 23.2 Å². The quantitative estimate of drug-likeness (QED) is 0.680. The highest BCUT2D eigenvalue weighted by atomic mass is 35.5. The Kier molecular flexibility index (Phi) is 3.90. The van der Waals surface area contributed by atoms with Crippen LogP contribution in [0, 0.1) is 0 Å². The Morgan fingerprint density at radius 2 is 2.00 bits per heavy atom. The van der Waals surface area contributed by atoms with Crippen LogP contribution in [0.1, 0.15) is 11.5 Å². The topological polar surface area (TPSA) is 30.7 Å². The second kappa shape index (κ2) is 5.81. The van der Waals surface area contributed by atoms with Crippen LogP contribution in [0.4, 0.5) is 0 Å². The van der Waals surface area contributed by atoms with Gasteiger partial charge in [0.2, 0.25) is 0 Å². The highest BCUT2D eigenvalue weighted by molar-refractivity contribution is 6.35. The molecular weight excluding hydrogens is 293 g/mol. The Labute approximate surface area is 127 Å². The zero-order valence-electron chi connectivity index (χ0n) is 10.8. The molecule has 3 rings (SSSR count). The molecular formula is C15H13Cl2N3. The Morgan fingerprint density at radius 1 is 1.10 bits per heavy atom. The van der Waals surface area contributed by atoms with Crippen molar-refractivity contribution in [3.05, 3.63) is 59.1 Å². The SMILES string of the molecule is ClCc1nc2cccc(Cl)c2n1CCc1ccccn1. The second-order valence-electron chi connectivity index (χ2n) is 4.49. The van der Waals surface area contributed by atoms with E-state index in [0.29, 0.717) is 10.9 Å². The molecule has 5 heteroatoms. The zero-order valence-corrected chi connectivity index (χ0v) is 12.3. The number of para-hydroxylation sites is 1. The lowest BCUT2D eigenvalue weighted by Crippen LogP contribution is -2.06. The van der Waals surface area contributed by atoms with E-state index in [4.69, 9.17) is 23.2 Å². The summed E-state index contributed by atoms with van der Waals surface area (Å²) in [7, 11) is 0. The summed E-state index contributed by atoms with van der Waals surface area (Å²) in [5, 5.41) is 0.701. The summed E-state index contributed by atoms with van der Waals surface area (Å²) >= 11 is 12.3. The van der Waals surface area contributed by atoms with E-state index in [1.807, 2.05) is 36.4 Å². The zero-order chi connectivity index (χ0) is 13.9. The fraction of sp³-hybridized carbons (Fsp3) is 0.200. The van der Waals surface area contributed by atoms with Crippen molar-refractivity contribution in [2.75, 3.05) is 0 Å². The summed E-state index contributed by atoms with van der Waals surface area (Å²) in [6.07, 6.45) is 2.62. The van der Waals surface area contributed by atoms with E-state index >= 15 is 0 Å². The summed E-state index contributed by atoms with van der Waals surface area (Å²) in [5.74, 6) is 1.21. The number of aromatic nitrogens is 3. The van der Waals surface area contributed by atoms with Crippen LogP contribution in [0.2, 0.25) is 5.02 Å². The standard InChI is InChI=1S/C15H13Cl2N3/c16-10-14-19-13-6-3-5-12(17)15(13)20(14)9-7-11-4-1-2-8-18-11/h1-6,8H,7,9-10H2. The van der Waals surface area contributed by atoms with Gasteiger partial charge < -0.3 is 4.57 Å². The minimum atomic E-state index is 0.368. The lowest BCUT2D eigenvalue weighted by Gasteiger charge is -2.08. The molecule has 0 N–H and O–H groups in total. The van der Waals surface area contributed by atoms with E-state index in [0.717, 1.165) is 35.5 Å². The van der Waals surface area contributed by atoms with Gasteiger partial charge >= 0.3 is 0 Å². The third-order valence-electron chi connectivity index (χ3n) is 3.23. The van der Waals surface area contributed by atoms with Crippen molar-refractivity contribution in [3.63, 3.8) is 0 Å². The predicted molar refractivity (Wildman–Crippen MR) is 82.2 cm³/mol. The first-order valence-corrected chi connectivity index (χ1v) is 7.30. The molecule has 2 aromatic heterocycles. The normalized spacial score (nSPS) is 11.1. The number of hydrogen-bond donors (Lipinski definition) is 0. The summed E-state index contributed by atoms with van der Waals surface area (Å²) < 4.78 is 2.08. The van der Waals surface area contributed by atoms with Gasteiger partial charge in [-0.25, -0.2) is 4.98 Å². The first kappa shape index (κ1) is 13.4. The van der Waals surface area contributed by atoms with Crippen molar-refractivity contribution in [1.29, 1.82) is 0 Å². The molecule has 102 valence electrons. The summed E-state index contributed by atoms with van der Waals surface area (Å²) in [4.78, 5) is 8.87. The molecule has 0 spiro atoms. The number of aryl methyl sites for hydroxylation is 2. The molecule has 1 aromatic carbocycles. The molecule has 0 saturated heterocycles. The van der Waals surface area contributed by atoms with Crippen molar-refractivity contribution >= 4 is 34.2 Å². The van der Waals surface area contributed by atoms with Crippen LogP contribution in [0.25, 0.3) is 11.0 Å². The molecule has 0 atom stereocenters. The molecule has 0 radical (unpaired) electrons. The minimum Gasteiger partial charge on any atom is -0.325 e. The molecule has 2 heterocycles. The first-order chi connectivity index (χ1) is 9.79. The first-order valence-electron chi connectivity index (χ1n) is 6.39. The van der Waals surface area contributed by atoms with Crippen molar-refractivity contribution in [2.45, 2.75) is 18.8 Å². The molecule has 0 unspecified atom stereocenters. The lowest BCUT2D eigenvalue weighted by atomic mass is 10.2. The van der Waals surface area contributed by atoms with E-state index in [2.05, 4.69) is 14.5 Å². The maximum absolute atomic E-state index is 6.29. The van der Waals surface area contributed by atoms with Crippen LogP contribution in [-0.2, 0) is 18.8 Å². The van der Waals surface area contributed by atoms with Gasteiger partial charge in [0.1, 0.15) is 5.82 Å². The second-order valence-corrected chi connectivity index (χ2v) is 5.17. The Balaban J connectivity index is 1.97. The number of alkyl halides is 1. The Bertz CT molecular complexity index is 723. The smallest absolute Gasteiger partial charge is 0.124 e. The van der Waals surface area contributed by atoms with E-state index in [-0.39, 0.29) is 0 Å². The fourth-order valence-corrected chi connectivity index (χ4v) is 2.78. The van der Waals surface area contributed by atoms with Crippen molar-refractivity contribution in [2.24, 2.45) is 0 Å². The molecule has 0 aliphatic rings. The largest absolute Gasteiger partial charge is 0.325 e. The van der Waals surface area contributed by atoms with Gasteiger partial charge in [-0.05, 0) is 24.3 Å². The molecule has 0 amide bonds. The Morgan fingerprint density at radius 3 is 2.75 bits per heavy atom. The van der Waals surface area contributed by atoms with Gasteiger partial charge in [-0.1, -0.05) is 23.7 Å². The minimum absolute atomic E-state index is 0.368. The van der Waals surface area contributed by atoms with Gasteiger partial charge in [0, 0.05) is 24.9 Å². The maximum Gasteiger partial charge on any atom is 0.124 e. The summed E-state index contributed by atoms with van der Waals surface area (Å²) in [6.45, 7) is 0.763. The molecule has 0 saturated carbocycles. The number of rotatable bonds is 4. The van der Waals surface area contributed by atoms with Crippen LogP contribution < -0.4 is 0 Å². The molecule has 0 fully saturated rings. The van der Waals surface area contributed by atoms with E-state index < -0.39 is 0 Å². The average molecular weight is 306 g/mol. The number of benzene rings is 1. The van der Waals surface area contributed by atoms with Gasteiger partial charge in [-0.15, -0.1) is 11.6 Å². The van der Waals surface area contributed by atoms with E-state index in [1.165, 1.54) is 0 Å². The van der Waals surface area contributed by atoms with Crippen LogP contribution in [0.5, 0.6) is 0 Å². The summed E-state index contributed by atoms with van der Waals surface area (Å²) in [6, 6.07) is 11.6. The Hall–Kier alpha value is -1.58. The highest BCUT2D eigenvalue weighted by Gasteiger charge is 2.12. The van der Waals surface area contributed by atoms with Gasteiger partial charge in [-0.3, -0.25) is 4.98 Å². The third kappa shape index (κ3) is 2.51. The van der Waals surface area contributed by atoms with Crippen LogP contribution in [0.15, 0.2) is 42.6 Å². The van der Waals surface area contributed by atoms with Crippen molar-refractivity contribution in [1.82, 2.24) is 14.5 Å². The third-order valence-corrected chi connectivity index (χ3v) is 3.78. The molecule has 0 bridgehead atoms. The van der Waals surface area contributed by atoms with Crippen molar-refractivity contribution < 1.29 is 0 Å². The van der Waals surface area contributed by atoms with Crippen LogP contribution in [-0.4, -0.2) is 14.5 Å². The number of fused-ring (bicyclic) bond motifs is 1. The van der Waals surface area contributed by atoms with E-state index in [9.17, 15) is 0 Å². The molecule has 3 nitrogen and oxygen atoms in total. The number of nitrogens with zero attached hydrogens (tertiary/aromatic N) is 3. The lowest BCUT2D eigenvalue weighted by molar-refractivity contribution is 0.678. The monoisotopic (exact) mass is 305 g/mol. The number of pyridine rings is 1. The molecule has 3 aromatic rings. The van der Waals surface area contributed by atoms with Gasteiger partial charge in [0.25, 0.3) is 0 Å². The van der Waals surface area contributed by atoms with Gasteiger partial charge in [-0.2, -0.15) is 0 Å². The number of hydrogen-bond acceptors (Lipinski definition) is 2. The molecule has 0 aliphatic carbocycles. The maximum atomic E-state index is 6.29. The number of imidazole rings is 1. The summed E-state index contributed by atoms with van der Waals surface area (Å²) in [5.41, 5.74) is 2.87. The van der Waals surface area contributed by atoms with Crippen molar-refractivity contribution in [3.8, 4) is 0 Å². The fourth-order valence-electron chi connectivity index (χ4n) is 2.31. The molecule has 0 aliphatic heterocycles. The van der Waals surface area contributed by atoms with Crippen LogP contribution in [0.3, 0.4) is 0 Å². The molecule has 20 heavy (non-hydrogen) atoms. The van der Waals surface area contributed by atoms with Gasteiger partial charge in [0.15, 0.2) is 0 Å². The average Bonchev–Trinajstić information content (AvgIpc) is 2.85.